The van der Waals surface area contributed by atoms with Gasteiger partial charge in [-0.3, -0.25) is 4.79 Å². The van der Waals surface area contributed by atoms with Crippen LogP contribution in [0.5, 0.6) is 5.75 Å². The Bertz CT molecular complexity index is 1140. The summed E-state index contributed by atoms with van der Waals surface area (Å²) in [4.78, 5) is 24.7. The molecule has 156 valence electrons. The lowest BCUT2D eigenvalue weighted by Crippen LogP contribution is -2.21. The highest BCUT2D eigenvalue weighted by molar-refractivity contribution is 5.93. The number of ether oxygens (including phenoxy) is 1. The number of phenolic OH excluding ortho intramolecular Hbond substituents is 1. The number of aromatic hydroxyl groups is 1. The number of methoxy groups -OCH3 is 1. The third kappa shape index (κ3) is 4.17. The second kappa shape index (κ2) is 7.98. The molecule has 3 rings (SSSR count). The van der Waals surface area contributed by atoms with Crippen LogP contribution in [0.15, 0.2) is 43.0 Å². The average Bonchev–Trinajstić information content (AvgIpc) is 3.14. The summed E-state index contributed by atoms with van der Waals surface area (Å²) >= 11 is 0. The topological polar surface area (TPSA) is 106 Å². The van der Waals surface area contributed by atoms with Gasteiger partial charge in [0.15, 0.2) is 0 Å². The lowest BCUT2D eigenvalue weighted by Gasteiger charge is -2.22. The molecule has 0 aliphatic heterocycles. The van der Waals surface area contributed by atoms with E-state index in [0.717, 1.165) is 5.56 Å². The number of phenols is 1. The predicted molar refractivity (Wildman–Crippen MR) is 113 cm³/mol. The SMILES string of the molecule is C=CC(=O)NCc1cc(C(C)(C)C)cc(-n2nc3ccc(C(=O)OC)cc3n2)c1O. The Morgan fingerprint density at radius 3 is 2.53 bits per heavy atom. The molecule has 0 bridgehead atoms. The van der Waals surface area contributed by atoms with E-state index in [1.54, 1.807) is 18.2 Å². The molecule has 30 heavy (non-hydrogen) atoms. The summed E-state index contributed by atoms with van der Waals surface area (Å²) in [7, 11) is 1.31. The number of nitrogens with zero attached hydrogens (tertiary/aromatic N) is 3. The van der Waals surface area contributed by atoms with Crippen molar-refractivity contribution in [1.82, 2.24) is 20.3 Å². The molecule has 3 aromatic rings. The van der Waals surface area contributed by atoms with Crippen LogP contribution in [-0.2, 0) is 21.5 Å². The van der Waals surface area contributed by atoms with Gasteiger partial charge in [-0.1, -0.05) is 27.4 Å². The molecule has 0 saturated carbocycles. The van der Waals surface area contributed by atoms with Gasteiger partial charge < -0.3 is 15.2 Å². The fourth-order valence-corrected chi connectivity index (χ4v) is 2.92. The van der Waals surface area contributed by atoms with E-state index in [9.17, 15) is 14.7 Å². The van der Waals surface area contributed by atoms with Gasteiger partial charge in [0.1, 0.15) is 22.5 Å². The summed E-state index contributed by atoms with van der Waals surface area (Å²) in [5.41, 5.74) is 3.03. The number of hydrogen-bond acceptors (Lipinski definition) is 6. The molecule has 2 N–H and O–H groups in total. The molecule has 8 nitrogen and oxygen atoms in total. The molecule has 1 heterocycles. The summed E-state index contributed by atoms with van der Waals surface area (Å²) in [5, 5.41) is 22.4. The number of rotatable bonds is 5. The smallest absolute Gasteiger partial charge is 0.337 e. The number of carbonyl (C=O) groups is 2. The van der Waals surface area contributed by atoms with Crippen molar-refractivity contribution in [3.63, 3.8) is 0 Å². The van der Waals surface area contributed by atoms with Crippen LogP contribution in [0.25, 0.3) is 16.7 Å². The first kappa shape index (κ1) is 21.0. The maximum atomic E-state index is 11.8. The van der Waals surface area contributed by atoms with Crippen LogP contribution < -0.4 is 5.32 Å². The first-order chi connectivity index (χ1) is 14.1. The van der Waals surface area contributed by atoms with E-state index >= 15 is 0 Å². The van der Waals surface area contributed by atoms with Crippen molar-refractivity contribution in [2.24, 2.45) is 0 Å². The number of amides is 1. The van der Waals surface area contributed by atoms with Crippen LogP contribution in [0.3, 0.4) is 0 Å². The highest BCUT2D eigenvalue weighted by Gasteiger charge is 2.21. The minimum absolute atomic E-state index is 0.0409. The van der Waals surface area contributed by atoms with E-state index in [4.69, 9.17) is 4.74 Å². The molecular formula is C22H24N4O4. The van der Waals surface area contributed by atoms with E-state index in [1.165, 1.54) is 18.0 Å². The largest absolute Gasteiger partial charge is 0.505 e. The van der Waals surface area contributed by atoms with Gasteiger partial charge in [0.05, 0.1) is 12.7 Å². The lowest BCUT2D eigenvalue weighted by molar-refractivity contribution is -0.116. The molecule has 0 atom stereocenters. The Kier molecular flexibility index (Phi) is 5.60. The van der Waals surface area contributed by atoms with Gasteiger partial charge in [-0.2, -0.15) is 0 Å². The molecule has 0 fully saturated rings. The van der Waals surface area contributed by atoms with Crippen LogP contribution in [0.4, 0.5) is 0 Å². The van der Waals surface area contributed by atoms with Crippen LogP contribution in [0, 0.1) is 0 Å². The number of carbonyl (C=O) groups excluding carboxylic acids is 2. The standard InChI is InChI=1S/C22H24N4O4/c1-6-19(27)23-12-14-9-15(22(2,3)4)11-18(20(14)28)26-24-16-8-7-13(21(29)30-5)10-17(16)25-26/h6-11,28H,1,12H2,2-5H3,(H,23,27). The fourth-order valence-electron chi connectivity index (χ4n) is 2.92. The van der Waals surface area contributed by atoms with Crippen LogP contribution in [0.1, 0.15) is 42.3 Å². The van der Waals surface area contributed by atoms with Gasteiger partial charge in [-0.05, 0) is 47.4 Å². The Morgan fingerprint density at radius 2 is 1.90 bits per heavy atom. The number of fused-ring (bicyclic) bond motifs is 1. The van der Waals surface area contributed by atoms with Crippen LogP contribution in [-0.4, -0.2) is 39.1 Å². The summed E-state index contributed by atoms with van der Waals surface area (Å²) in [6.07, 6.45) is 1.17. The van der Waals surface area contributed by atoms with E-state index in [2.05, 4.69) is 22.1 Å². The summed E-state index contributed by atoms with van der Waals surface area (Å²) in [6.45, 7) is 9.70. The number of esters is 1. The molecule has 0 saturated heterocycles. The molecule has 2 aromatic carbocycles. The Hall–Kier alpha value is -3.68. The summed E-state index contributed by atoms with van der Waals surface area (Å²) < 4.78 is 4.74. The van der Waals surface area contributed by atoms with Gasteiger partial charge in [-0.15, -0.1) is 15.0 Å². The van der Waals surface area contributed by atoms with Gasteiger partial charge in [-0.25, -0.2) is 4.79 Å². The van der Waals surface area contributed by atoms with E-state index in [1.807, 2.05) is 32.9 Å². The van der Waals surface area contributed by atoms with E-state index in [-0.39, 0.29) is 23.6 Å². The van der Waals surface area contributed by atoms with Gasteiger partial charge >= 0.3 is 5.97 Å². The second-order valence-corrected chi connectivity index (χ2v) is 7.86. The zero-order valence-corrected chi connectivity index (χ0v) is 17.4. The van der Waals surface area contributed by atoms with Crippen molar-refractivity contribution >= 4 is 22.9 Å². The molecule has 0 radical (unpaired) electrons. The minimum Gasteiger partial charge on any atom is -0.505 e. The molecule has 8 heteroatoms. The van der Waals surface area contributed by atoms with Crippen molar-refractivity contribution < 1.29 is 19.4 Å². The minimum atomic E-state index is -0.468. The maximum absolute atomic E-state index is 11.8. The van der Waals surface area contributed by atoms with Gasteiger partial charge in [0, 0.05) is 12.1 Å². The first-order valence-corrected chi connectivity index (χ1v) is 9.36. The van der Waals surface area contributed by atoms with Crippen molar-refractivity contribution in [2.45, 2.75) is 32.7 Å². The first-order valence-electron chi connectivity index (χ1n) is 9.36. The van der Waals surface area contributed by atoms with Crippen LogP contribution >= 0.6 is 0 Å². The molecule has 0 unspecified atom stereocenters. The van der Waals surface area contributed by atoms with Gasteiger partial charge in [0.25, 0.3) is 0 Å². The highest BCUT2D eigenvalue weighted by atomic mass is 16.5. The highest BCUT2D eigenvalue weighted by Crippen LogP contribution is 2.33. The summed E-state index contributed by atoms with van der Waals surface area (Å²) in [5.74, 6) is -0.847. The summed E-state index contributed by atoms with van der Waals surface area (Å²) in [6, 6.07) is 8.52. The molecule has 0 aliphatic carbocycles. The quantitative estimate of drug-likeness (QED) is 0.497. The zero-order chi connectivity index (χ0) is 22.1. The number of benzene rings is 2. The Balaban J connectivity index is 2.12. The third-order valence-electron chi connectivity index (χ3n) is 4.69. The monoisotopic (exact) mass is 408 g/mol. The lowest BCUT2D eigenvalue weighted by atomic mass is 9.85. The maximum Gasteiger partial charge on any atom is 0.337 e. The molecule has 1 aromatic heterocycles. The number of aromatic nitrogens is 3. The van der Waals surface area contributed by atoms with E-state index in [0.29, 0.717) is 27.8 Å². The van der Waals surface area contributed by atoms with Crippen LogP contribution in [0.2, 0.25) is 0 Å². The Labute approximate surface area is 174 Å². The average molecular weight is 408 g/mol. The third-order valence-corrected chi connectivity index (χ3v) is 4.69. The van der Waals surface area contributed by atoms with Gasteiger partial charge in [0.2, 0.25) is 5.91 Å². The molecule has 1 amide bonds. The van der Waals surface area contributed by atoms with Crippen molar-refractivity contribution in [1.29, 1.82) is 0 Å². The molecular weight excluding hydrogens is 384 g/mol. The number of hydrogen-bond donors (Lipinski definition) is 2. The Morgan fingerprint density at radius 1 is 1.20 bits per heavy atom. The van der Waals surface area contributed by atoms with E-state index < -0.39 is 5.97 Å². The molecule has 0 spiro atoms. The number of nitrogens with one attached hydrogen (secondary N) is 1. The zero-order valence-electron chi connectivity index (χ0n) is 17.4. The predicted octanol–water partition coefficient (Wildman–Crippen LogP) is 3.01. The van der Waals surface area contributed by atoms with Crippen molar-refractivity contribution in [3.8, 4) is 11.4 Å². The fraction of sp³-hybridized carbons (Fsp3) is 0.273. The molecule has 0 aliphatic rings. The van der Waals surface area contributed by atoms with Crippen molar-refractivity contribution in [2.75, 3.05) is 7.11 Å². The van der Waals surface area contributed by atoms with Crippen molar-refractivity contribution in [3.05, 3.63) is 59.7 Å². The second-order valence-electron chi connectivity index (χ2n) is 7.86. The normalized spacial score (nSPS) is 11.3.